The predicted molar refractivity (Wildman–Crippen MR) is 285 cm³/mol. The van der Waals surface area contributed by atoms with Crippen molar-refractivity contribution in [1.82, 2.24) is 41.5 Å². The first-order valence-electron chi connectivity index (χ1n) is 27.1. The smallest absolute Gasteiger partial charge is 0.343 e. The lowest BCUT2D eigenvalue weighted by Gasteiger charge is -2.31. The van der Waals surface area contributed by atoms with Crippen LogP contribution in [0, 0.1) is 18.7 Å². The lowest BCUT2D eigenvalue weighted by atomic mass is 9.81. The molecule has 4 aromatic rings. The van der Waals surface area contributed by atoms with Gasteiger partial charge in [-0.25, -0.2) is 14.2 Å². The van der Waals surface area contributed by atoms with Crippen LogP contribution in [-0.2, 0) is 84.2 Å². The van der Waals surface area contributed by atoms with Crippen LogP contribution in [-0.4, -0.2) is 106 Å². The number of pyridine rings is 2. The highest BCUT2D eigenvalue weighted by Gasteiger charge is 2.46. The Morgan fingerprint density at radius 1 is 0.850 bits per heavy atom. The van der Waals surface area contributed by atoms with Crippen LogP contribution in [0.3, 0.4) is 0 Å². The number of carbonyl (C=O) groups is 9. The number of nitrogens with zero attached hydrogens (tertiary/aromatic N) is 2. The highest BCUT2D eigenvalue weighted by molar-refractivity contribution is 6.17. The molecule has 420 valence electrons. The van der Waals surface area contributed by atoms with Gasteiger partial charge in [0.05, 0.1) is 54.7 Å². The van der Waals surface area contributed by atoms with Gasteiger partial charge in [0.1, 0.15) is 31.3 Å². The number of carbonyl (C=O) groups excluding carboxylic acids is 9. The average molecular weight is 1100 g/mol. The van der Waals surface area contributed by atoms with Crippen LogP contribution in [0.15, 0.2) is 71.1 Å². The topological polar surface area (TPSA) is 299 Å². The fourth-order valence-corrected chi connectivity index (χ4v) is 10.9. The van der Waals surface area contributed by atoms with Gasteiger partial charge in [0.15, 0.2) is 17.2 Å². The molecule has 9 rings (SSSR count). The Kier molecular flexibility index (Phi) is 17.2. The van der Waals surface area contributed by atoms with E-state index in [1.807, 2.05) is 0 Å². The van der Waals surface area contributed by atoms with Crippen molar-refractivity contribution >= 4 is 63.9 Å². The van der Waals surface area contributed by atoms with Crippen molar-refractivity contribution in [2.75, 3.05) is 26.4 Å². The molecule has 6 amide bonds. The van der Waals surface area contributed by atoms with Crippen LogP contribution >= 0.6 is 0 Å². The van der Waals surface area contributed by atoms with Gasteiger partial charge in [-0.2, -0.15) is 0 Å². The van der Waals surface area contributed by atoms with Gasteiger partial charge in [-0.15, -0.1) is 0 Å². The molecule has 1 fully saturated rings. The molecule has 4 atom stereocenters. The number of aliphatic hydroxyl groups is 1. The van der Waals surface area contributed by atoms with E-state index in [-0.39, 0.29) is 80.2 Å². The quantitative estimate of drug-likeness (QED) is 0.0202. The third-order valence-electron chi connectivity index (χ3n) is 15.4. The number of cyclic esters (lactones) is 1. The number of aromatic nitrogens is 2. The van der Waals surface area contributed by atoms with Crippen LogP contribution in [0.4, 0.5) is 4.39 Å². The molecule has 22 heteroatoms. The number of ketones is 2. The molecule has 0 bridgehead atoms. The van der Waals surface area contributed by atoms with Gasteiger partial charge >= 0.3 is 5.97 Å². The molecule has 21 nitrogen and oxygen atoms in total. The molecule has 0 saturated heterocycles. The Balaban J connectivity index is 0.763. The summed E-state index contributed by atoms with van der Waals surface area (Å²) in [5.41, 5.74) is 2.45. The number of esters is 1. The average Bonchev–Trinajstić information content (AvgIpc) is 4.29. The van der Waals surface area contributed by atoms with E-state index < -0.39 is 83.8 Å². The van der Waals surface area contributed by atoms with Gasteiger partial charge < -0.3 is 51.0 Å². The maximum absolute atomic E-state index is 15.5. The summed E-state index contributed by atoms with van der Waals surface area (Å²) < 4.78 is 28.3. The molecule has 0 radical (unpaired) electrons. The summed E-state index contributed by atoms with van der Waals surface area (Å²) in [6.07, 6.45) is 8.35. The van der Waals surface area contributed by atoms with Crippen LogP contribution in [0.1, 0.15) is 116 Å². The second-order valence-corrected chi connectivity index (χ2v) is 20.8. The number of ether oxygens (including phenoxy) is 2. The van der Waals surface area contributed by atoms with E-state index in [0.29, 0.717) is 101 Å². The summed E-state index contributed by atoms with van der Waals surface area (Å²) in [5, 5.41) is 27.9. The molecule has 5 aliphatic rings. The normalized spacial score (nSPS) is 18.4. The number of hydrogen-bond acceptors (Lipinski definition) is 14. The number of nitrogens with one attached hydrogen (secondary N) is 6. The zero-order valence-corrected chi connectivity index (χ0v) is 44.4. The molecular formula is C58H63FN8O13. The molecule has 2 aliphatic heterocycles. The van der Waals surface area contributed by atoms with Crippen LogP contribution in [0.5, 0.6) is 0 Å². The van der Waals surface area contributed by atoms with Gasteiger partial charge in [0.25, 0.3) is 5.56 Å². The van der Waals surface area contributed by atoms with Crippen molar-refractivity contribution in [2.45, 2.75) is 128 Å². The second-order valence-electron chi connectivity index (χ2n) is 20.8. The van der Waals surface area contributed by atoms with E-state index in [1.165, 1.54) is 28.9 Å². The van der Waals surface area contributed by atoms with E-state index in [9.17, 15) is 53.1 Å². The molecule has 2 aromatic heterocycles. The fraction of sp³-hybridized carbons (Fsp3) is 0.431. The lowest BCUT2D eigenvalue weighted by molar-refractivity contribution is -0.172. The van der Waals surface area contributed by atoms with Crippen molar-refractivity contribution in [3.63, 3.8) is 0 Å². The van der Waals surface area contributed by atoms with Gasteiger partial charge in [-0.3, -0.25) is 43.2 Å². The Morgan fingerprint density at radius 3 is 2.34 bits per heavy atom. The van der Waals surface area contributed by atoms with Crippen LogP contribution in [0.2, 0.25) is 0 Å². The SMILES string of the molecule is CC[C@@]1(O)C(=O)OCc2c1cc1n(c2=O)Cc2c-1nc1cc(F)c(C)c3c1c2[C@@H](NC(=O)C(OCNC(=O)CNC(=O)[C@H](Cc1ccccc1)NC(=O)CNC(=O)CNC(=O)CCCCCCC1=CC(=O)C=CC1=O)C1CC1)CC3. The molecule has 80 heavy (non-hydrogen) atoms. The summed E-state index contributed by atoms with van der Waals surface area (Å²) in [6, 6.07) is 9.94. The van der Waals surface area contributed by atoms with Crippen molar-refractivity contribution in [3.8, 4) is 11.4 Å². The number of rotatable bonds is 24. The summed E-state index contributed by atoms with van der Waals surface area (Å²) in [5.74, 6) is -5.35. The van der Waals surface area contributed by atoms with Gasteiger partial charge in [0, 0.05) is 41.0 Å². The minimum Gasteiger partial charge on any atom is -0.458 e. The number of fused-ring (bicyclic) bond motifs is 5. The monoisotopic (exact) mass is 1100 g/mol. The second kappa shape index (κ2) is 24.4. The van der Waals surface area contributed by atoms with Crippen molar-refractivity contribution in [3.05, 3.63) is 121 Å². The lowest BCUT2D eigenvalue weighted by Crippen LogP contribution is -2.52. The minimum absolute atomic E-state index is 0.0451. The van der Waals surface area contributed by atoms with E-state index in [1.54, 1.807) is 50.2 Å². The number of aryl methyl sites for hydroxylation is 1. The number of halogens is 1. The maximum Gasteiger partial charge on any atom is 0.343 e. The Morgan fingerprint density at radius 2 is 1.57 bits per heavy atom. The van der Waals surface area contributed by atoms with Gasteiger partial charge in [-0.1, -0.05) is 50.1 Å². The Labute approximate surface area is 458 Å². The van der Waals surface area contributed by atoms with Crippen molar-refractivity contribution in [1.29, 1.82) is 0 Å². The molecule has 2 aromatic carbocycles. The van der Waals surface area contributed by atoms with E-state index >= 15 is 4.39 Å². The molecule has 1 saturated carbocycles. The molecule has 1 unspecified atom stereocenters. The number of unbranched alkanes of at least 4 members (excludes halogenated alkanes) is 3. The number of hydrogen-bond donors (Lipinski definition) is 7. The summed E-state index contributed by atoms with van der Waals surface area (Å²) in [6.45, 7) is 1.25. The first-order chi connectivity index (χ1) is 38.4. The molecular weight excluding hydrogens is 1040 g/mol. The molecule has 7 N–H and O–H groups in total. The van der Waals surface area contributed by atoms with E-state index in [2.05, 4.69) is 31.9 Å². The predicted octanol–water partition coefficient (Wildman–Crippen LogP) is 2.55. The standard InChI is InChI=1S/C58H63FN8O13/c1-3-58(78)39-23-44-52-37(28-67(44)56(76)38(39)29-79-57(58)77)51-41(19-18-36-31(2)40(59)24-42(65-52)50(36)51)66-55(75)53(33-15-16-33)80-30-63-48(72)26-62-54(74)43(21-32-11-7-6-8-12-32)64-49(73)27-61-47(71)25-60-46(70)14-10-5-4-9-13-34-22-35(68)17-20-45(34)69/h6-8,11-12,17,20,22-24,33,41,43,53,78H,3-5,9-10,13-16,18-19,21,25-30H2,1-2H3,(H,60,70)(H,61,71)(H,62,74)(H,63,72)(H,64,73)(H,66,75)/t41-,43-,53?,58-/m0/s1. The molecule has 4 heterocycles. The Bertz CT molecular complexity index is 3330. The number of amides is 6. The highest BCUT2D eigenvalue weighted by atomic mass is 19.1. The number of benzene rings is 2. The number of allylic oxidation sites excluding steroid dienone is 4. The minimum atomic E-state index is -2.05. The van der Waals surface area contributed by atoms with Gasteiger partial charge in [0.2, 0.25) is 35.4 Å². The van der Waals surface area contributed by atoms with E-state index in [4.69, 9.17) is 14.5 Å². The van der Waals surface area contributed by atoms with Crippen LogP contribution < -0.4 is 37.5 Å². The third-order valence-corrected chi connectivity index (χ3v) is 15.4. The third kappa shape index (κ3) is 12.5. The highest BCUT2D eigenvalue weighted by Crippen LogP contribution is 2.46. The zero-order chi connectivity index (χ0) is 56.8. The first-order valence-corrected chi connectivity index (χ1v) is 27.1. The van der Waals surface area contributed by atoms with Gasteiger partial charge in [-0.05, 0) is 111 Å². The van der Waals surface area contributed by atoms with Crippen LogP contribution in [0.25, 0.3) is 22.3 Å². The van der Waals surface area contributed by atoms with Crippen molar-refractivity contribution in [2.24, 2.45) is 5.92 Å². The first kappa shape index (κ1) is 56.5. The fourth-order valence-electron chi connectivity index (χ4n) is 10.9. The van der Waals surface area contributed by atoms with Crippen molar-refractivity contribution < 1.29 is 62.1 Å². The largest absolute Gasteiger partial charge is 0.458 e. The maximum atomic E-state index is 15.5. The molecule has 3 aliphatic carbocycles. The molecule has 0 spiro atoms. The summed E-state index contributed by atoms with van der Waals surface area (Å²) >= 11 is 0. The Hall–Kier alpha value is -8.24. The summed E-state index contributed by atoms with van der Waals surface area (Å²) in [4.78, 5) is 134. The van der Waals surface area contributed by atoms with E-state index in [0.717, 1.165) is 12.0 Å². The zero-order valence-electron chi connectivity index (χ0n) is 44.4. The summed E-state index contributed by atoms with van der Waals surface area (Å²) in [7, 11) is 0.